The van der Waals surface area contributed by atoms with E-state index in [1.807, 2.05) is 6.07 Å². The number of nitriles is 1. The topological polar surface area (TPSA) is 90.6 Å². The van der Waals surface area contributed by atoms with Gasteiger partial charge in [0.25, 0.3) is 5.91 Å². The quantitative estimate of drug-likeness (QED) is 0.899. The monoisotopic (exact) mass is 262 g/mol. The summed E-state index contributed by atoms with van der Waals surface area (Å²) in [7, 11) is 1.15. The average Bonchev–Trinajstić information content (AvgIpc) is 2.37. The molecule has 1 N–H and O–H groups in total. The Balaban J connectivity index is 3.35. The van der Waals surface area contributed by atoms with Crippen LogP contribution in [0.2, 0.25) is 0 Å². The van der Waals surface area contributed by atoms with Crippen molar-refractivity contribution in [2.75, 3.05) is 13.7 Å². The van der Waals surface area contributed by atoms with Gasteiger partial charge in [0.15, 0.2) is 0 Å². The zero-order chi connectivity index (χ0) is 14.6. The highest BCUT2D eigenvalue weighted by Crippen LogP contribution is 2.24. The first-order valence-electron chi connectivity index (χ1n) is 5.60. The van der Waals surface area contributed by atoms with Gasteiger partial charge >= 0.3 is 6.09 Å². The lowest BCUT2D eigenvalue weighted by molar-refractivity contribution is 0.0778. The second-order valence-corrected chi connectivity index (χ2v) is 3.85. The van der Waals surface area contributed by atoms with E-state index in [0.29, 0.717) is 22.6 Å². The number of hydrogen-bond acceptors (Lipinski definition) is 4. The van der Waals surface area contributed by atoms with Gasteiger partial charge in [-0.25, -0.2) is 9.69 Å². The van der Waals surface area contributed by atoms with Crippen molar-refractivity contribution >= 4 is 12.0 Å². The molecule has 1 aromatic rings. The van der Waals surface area contributed by atoms with Gasteiger partial charge in [-0.15, -0.1) is 0 Å². The van der Waals surface area contributed by atoms with Crippen molar-refractivity contribution in [2.24, 2.45) is 0 Å². The van der Waals surface area contributed by atoms with Gasteiger partial charge in [0.05, 0.1) is 23.8 Å². The third kappa shape index (κ3) is 3.01. The van der Waals surface area contributed by atoms with Crippen molar-refractivity contribution in [1.82, 2.24) is 4.90 Å². The van der Waals surface area contributed by atoms with E-state index < -0.39 is 12.0 Å². The van der Waals surface area contributed by atoms with E-state index in [-0.39, 0.29) is 11.3 Å². The molecule has 6 heteroatoms. The summed E-state index contributed by atoms with van der Waals surface area (Å²) in [6, 6.07) is 4.86. The molecule has 0 bridgehead atoms. The first-order valence-corrected chi connectivity index (χ1v) is 5.60. The number of benzene rings is 1. The molecule has 1 aromatic carbocycles. The Labute approximate surface area is 110 Å². The number of rotatable bonds is 3. The largest absolute Gasteiger partial charge is 0.493 e. The molecule has 1 rings (SSSR count). The van der Waals surface area contributed by atoms with Gasteiger partial charge in [-0.1, -0.05) is 0 Å². The molecule has 0 radical (unpaired) electrons. The van der Waals surface area contributed by atoms with Gasteiger partial charge in [-0.2, -0.15) is 5.26 Å². The van der Waals surface area contributed by atoms with Crippen LogP contribution in [0.15, 0.2) is 12.1 Å². The average molecular weight is 262 g/mol. The summed E-state index contributed by atoms with van der Waals surface area (Å²) in [6.45, 7) is 3.81. The summed E-state index contributed by atoms with van der Waals surface area (Å²) in [4.78, 5) is 23.4. The Morgan fingerprint density at radius 1 is 1.47 bits per heavy atom. The molecule has 0 heterocycles. The zero-order valence-electron chi connectivity index (χ0n) is 10.9. The van der Waals surface area contributed by atoms with E-state index >= 15 is 0 Å². The van der Waals surface area contributed by atoms with Crippen LogP contribution >= 0.6 is 0 Å². The number of imide groups is 1. The lowest BCUT2D eigenvalue weighted by Crippen LogP contribution is -2.32. The second-order valence-electron chi connectivity index (χ2n) is 3.85. The molecule has 0 aliphatic carbocycles. The minimum atomic E-state index is -1.37. The van der Waals surface area contributed by atoms with E-state index in [1.54, 1.807) is 19.9 Å². The van der Waals surface area contributed by atoms with Gasteiger partial charge in [0.1, 0.15) is 5.75 Å². The number of carbonyl (C=O) groups is 2. The van der Waals surface area contributed by atoms with Crippen molar-refractivity contribution in [3.05, 3.63) is 28.8 Å². The molecule has 0 aliphatic rings. The Morgan fingerprint density at radius 2 is 2.11 bits per heavy atom. The highest BCUT2D eigenvalue weighted by Gasteiger charge is 2.22. The van der Waals surface area contributed by atoms with E-state index in [0.717, 1.165) is 7.05 Å². The molecular formula is C13H14N2O4. The third-order valence-electron chi connectivity index (χ3n) is 2.57. The normalized spacial score (nSPS) is 9.58. The lowest BCUT2D eigenvalue weighted by atomic mass is 10.0. The third-order valence-corrected chi connectivity index (χ3v) is 2.57. The van der Waals surface area contributed by atoms with Crippen LogP contribution in [0, 0.1) is 18.3 Å². The lowest BCUT2D eigenvalue weighted by Gasteiger charge is -2.15. The standard InChI is InChI=1S/C13H14N2O4/c1-4-19-11-5-8(2)9(7-14)6-10(11)12(16)15(3)13(17)18/h5-6H,4H2,1-3H3,(H,17,18). The van der Waals surface area contributed by atoms with E-state index in [1.165, 1.54) is 6.07 Å². The number of hydrogen-bond donors (Lipinski definition) is 1. The minimum absolute atomic E-state index is 0.0638. The number of nitrogens with zero attached hydrogens (tertiary/aromatic N) is 2. The van der Waals surface area contributed by atoms with E-state index in [4.69, 9.17) is 15.1 Å². The van der Waals surface area contributed by atoms with Gasteiger partial charge in [-0.05, 0) is 31.5 Å². The van der Waals surface area contributed by atoms with Crippen LogP contribution in [0.1, 0.15) is 28.4 Å². The molecule has 0 saturated carbocycles. The molecule has 2 amide bonds. The fourth-order valence-corrected chi connectivity index (χ4v) is 1.51. The fraction of sp³-hybridized carbons (Fsp3) is 0.308. The van der Waals surface area contributed by atoms with Crippen molar-refractivity contribution in [3.8, 4) is 11.8 Å². The molecule has 0 unspecified atom stereocenters. The summed E-state index contributed by atoms with van der Waals surface area (Å²) in [5.41, 5.74) is 1.04. The highest BCUT2D eigenvalue weighted by molar-refractivity contribution is 6.04. The van der Waals surface area contributed by atoms with Crippen molar-refractivity contribution in [2.45, 2.75) is 13.8 Å². The maximum Gasteiger partial charge on any atom is 0.414 e. The Bertz CT molecular complexity index is 560. The van der Waals surface area contributed by atoms with Crippen LogP contribution in [0.4, 0.5) is 4.79 Å². The summed E-state index contributed by atoms with van der Waals surface area (Å²) in [5, 5.41) is 17.8. The second kappa shape index (κ2) is 5.87. The molecule has 0 aromatic heterocycles. The predicted molar refractivity (Wildman–Crippen MR) is 67.2 cm³/mol. The summed E-state index contributed by atoms with van der Waals surface area (Å²) < 4.78 is 5.32. The fourth-order valence-electron chi connectivity index (χ4n) is 1.51. The zero-order valence-corrected chi connectivity index (χ0v) is 10.9. The van der Waals surface area contributed by atoms with Crippen molar-refractivity contribution in [3.63, 3.8) is 0 Å². The van der Waals surface area contributed by atoms with Crippen LogP contribution < -0.4 is 4.74 Å². The smallest absolute Gasteiger partial charge is 0.414 e. The predicted octanol–water partition coefficient (Wildman–Crippen LogP) is 2.02. The maximum atomic E-state index is 12.0. The first-order chi connectivity index (χ1) is 8.92. The Kier molecular flexibility index (Phi) is 4.48. The summed E-state index contributed by atoms with van der Waals surface area (Å²) >= 11 is 0. The molecular weight excluding hydrogens is 248 g/mol. The molecule has 0 saturated heterocycles. The van der Waals surface area contributed by atoms with Crippen LogP contribution in [0.25, 0.3) is 0 Å². The van der Waals surface area contributed by atoms with Crippen LogP contribution in [0.5, 0.6) is 5.75 Å². The molecule has 19 heavy (non-hydrogen) atoms. The molecule has 100 valence electrons. The number of aryl methyl sites for hydroxylation is 1. The molecule has 0 aliphatic heterocycles. The first kappa shape index (κ1) is 14.5. The van der Waals surface area contributed by atoms with Crippen LogP contribution in [0.3, 0.4) is 0 Å². The van der Waals surface area contributed by atoms with Crippen LogP contribution in [-0.4, -0.2) is 35.7 Å². The summed E-state index contributed by atoms with van der Waals surface area (Å²) in [6.07, 6.45) is -1.37. The van der Waals surface area contributed by atoms with E-state index in [2.05, 4.69) is 0 Å². The van der Waals surface area contributed by atoms with Gasteiger partial charge < -0.3 is 9.84 Å². The van der Waals surface area contributed by atoms with E-state index in [9.17, 15) is 9.59 Å². The van der Waals surface area contributed by atoms with Gasteiger partial charge in [-0.3, -0.25) is 4.79 Å². The number of carboxylic acid groups (broad SMARTS) is 1. The summed E-state index contributed by atoms with van der Waals surface area (Å²) in [5.74, 6) is -0.454. The highest BCUT2D eigenvalue weighted by atomic mass is 16.5. The van der Waals surface area contributed by atoms with Crippen molar-refractivity contribution < 1.29 is 19.4 Å². The number of ether oxygens (including phenoxy) is 1. The molecule has 0 fully saturated rings. The minimum Gasteiger partial charge on any atom is -0.493 e. The van der Waals surface area contributed by atoms with Crippen LogP contribution in [-0.2, 0) is 0 Å². The Hall–Kier alpha value is -2.55. The number of amides is 2. The maximum absolute atomic E-state index is 12.0. The molecule has 6 nitrogen and oxygen atoms in total. The SMILES string of the molecule is CCOc1cc(C)c(C#N)cc1C(=O)N(C)C(=O)O. The van der Waals surface area contributed by atoms with Gasteiger partial charge in [0, 0.05) is 7.05 Å². The molecule has 0 atom stereocenters. The van der Waals surface area contributed by atoms with Crippen molar-refractivity contribution in [1.29, 1.82) is 5.26 Å². The molecule has 0 spiro atoms. The Morgan fingerprint density at radius 3 is 2.58 bits per heavy atom. The number of carbonyl (C=O) groups excluding carboxylic acids is 1. The van der Waals surface area contributed by atoms with Gasteiger partial charge in [0.2, 0.25) is 0 Å².